The Morgan fingerprint density at radius 1 is 1.36 bits per heavy atom. The minimum atomic E-state index is -3.57. The first-order valence-electron chi connectivity index (χ1n) is 7.75. The van der Waals surface area contributed by atoms with E-state index in [4.69, 9.17) is 9.47 Å². The number of sulfonamides is 1. The quantitative estimate of drug-likeness (QED) is 0.855. The number of nitrogens with zero attached hydrogens (tertiary/aromatic N) is 1. The van der Waals surface area contributed by atoms with E-state index in [0.29, 0.717) is 25.5 Å². The van der Waals surface area contributed by atoms with E-state index in [1.807, 2.05) is 26.8 Å². The van der Waals surface area contributed by atoms with Crippen molar-refractivity contribution in [3.63, 3.8) is 0 Å². The second kappa shape index (κ2) is 5.51. The summed E-state index contributed by atoms with van der Waals surface area (Å²) in [5.41, 5.74) is 0.607. The lowest BCUT2D eigenvalue weighted by atomic mass is 10.0. The normalized spacial score (nSPS) is 24.8. The van der Waals surface area contributed by atoms with Crippen LogP contribution in [0, 0.1) is 0 Å². The van der Waals surface area contributed by atoms with Crippen LogP contribution in [0.3, 0.4) is 0 Å². The molecule has 1 saturated heterocycles. The largest absolute Gasteiger partial charge is 0.486 e. The smallest absolute Gasteiger partial charge is 0.247 e. The van der Waals surface area contributed by atoms with Crippen molar-refractivity contribution in [3.8, 4) is 5.75 Å². The second-order valence-corrected chi connectivity index (χ2v) is 8.39. The third kappa shape index (κ3) is 2.64. The average molecular weight is 325 g/mol. The molecule has 5 nitrogen and oxygen atoms in total. The molecule has 2 aliphatic heterocycles. The topological polar surface area (TPSA) is 55.8 Å². The maximum atomic E-state index is 13.1. The van der Waals surface area contributed by atoms with Gasteiger partial charge in [0.2, 0.25) is 10.0 Å². The van der Waals surface area contributed by atoms with E-state index >= 15 is 0 Å². The Labute approximate surface area is 132 Å². The molecular formula is C16H23NO4S. The molecule has 2 heterocycles. The summed E-state index contributed by atoms with van der Waals surface area (Å²) in [4.78, 5) is 0.288. The SMILES string of the molecule is CC[C@H]1COCCN1S(=O)(=O)c1cccc2c1OC(C)(C)C2. The van der Waals surface area contributed by atoms with E-state index in [1.54, 1.807) is 16.4 Å². The molecule has 122 valence electrons. The molecule has 2 aliphatic rings. The van der Waals surface area contributed by atoms with Gasteiger partial charge in [-0.15, -0.1) is 0 Å². The van der Waals surface area contributed by atoms with E-state index in [9.17, 15) is 8.42 Å². The van der Waals surface area contributed by atoms with Crippen LogP contribution in [0.2, 0.25) is 0 Å². The number of hydrogen-bond donors (Lipinski definition) is 0. The molecule has 1 fully saturated rings. The highest BCUT2D eigenvalue weighted by molar-refractivity contribution is 7.89. The molecule has 0 aliphatic carbocycles. The van der Waals surface area contributed by atoms with Gasteiger partial charge in [-0.1, -0.05) is 19.1 Å². The first-order valence-corrected chi connectivity index (χ1v) is 9.19. The predicted molar refractivity (Wildman–Crippen MR) is 83.6 cm³/mol. The molecule has 3 rings (SSSR count). The van der Waals surface area contributed by atoms with E-state index in [0.717, 1.165) is 18.4 Å². The summed E-state index contributed by atoms with van der Waals surface area (Å²) in [6.07, 6.45) is 1.46. The van der Waals surface area contributed by atoms with Gasteiger partial charge < -0.3 is 9.47 Å². The van der Waals surface area contributed by atoms with Crippen LogP contribution in [-0.4, -0.2) is 44.1 Å². The Morgan fingerprint density at radius 3 is 2.86 bits per heavy atom. The number of fused-ring (bicyclic) bond motifs is 1. The number of para-hydroxylation sites is 1. The van der Waals surface area contributed by atoms with Crippen LogP contribution in [0.1, 0.15) is 32.8 Å². The number of rotatable bonds is 3. The molecule has 1 atom stereocenters. The van der Waals surface area contributed by atoms with Crippen molar-refractivity contribution in [2.45, 2.75) is 50.2 Å². The molecule has 0 bridgehead atoms. The van der Waals surface area contributed by atoms with Crippen molar-refractivity contribution in [3.05, 3.63) is 23.8 Å². The lowest BCUT2D eigenvalue weighted by molar-refractivity contribution is 0.0312. The summed E-state index contributed by atoms with van der Waals surface area (Å²) in [5, 5.41) is 0. The van der Waals surface area contributed by atoms with Gasteiger partial charge in [-0.2, -0.15) is 4.31 Å². The van der Waals surface area contributed by atoms with Gasteiger partial charge in [-0.05, 0) is 31.9 Å². The van der Waals surface area contributed by atoms with Crippen LogP contribution in [0.5, 0.6) is 5.75 Å². The van der Waals surface area contributed by atoms with Crippen molar-refractivity contribution < 1.29 is 17.9 Å². The Hall–Kier alpha value is -1.11. The number of benzene rings is 1. The van der Waals surface area contributed by atoms with E-state index in [2.05, 4.69) is 0 Å². The highest BCUT2D eigenvalue weighted by Gasteiger charge is 2.39. The lowest BCUT2D eigenvalue weighted by Gasteiger charge is -2.34. The number of ether oxygens (including phenoxy) is 2. The first-order chi connectivity index (χ1) is 10.3. The van der Waals surface area contributed by atoms with Crippen LogP contribution in [-0.2, 0) is 21.2 Å². The highest BCUT2D eigenvalue weighted by atomic mass is 32.2. The third-order valence-corrected chi connectivity index (χ3v) is 6.26. The molecular weight excluding hydrogens is 302 g/mol. The van der Waals surface area contributed by atoms with Crippen LogP contribution < -0.4 is 4.74 Å². The maximum absolute atomic E-state index is 13.1. The molecule has 0 unspecified atom stereocenters. The molecule has 0 amide bonds. The summed E-state index contributed by atoms with van der Waals surface area (Å²) in [6, 6.07) is 5.29. The molecule has 0 radical (unpaired) electrons. The molecule has 1 aromatic rings. The van der Waals surface area contributed by atoms with Crippen LogP contribution >= 0.6 is 0 Å². The lowest BCUT2D eigenvalue weighted by Crippen LogP contribution is -2.48. The third-order valence-electron chi connectivity index (χ3n) is 4.29. The molecule has 0 spiro atoms. The Morgan fingerprint density at radius 2 is 2.14 bits per heavy atom. The van der Waals surface area contributed by atoms with E-state index in [-0.39, 0.29) is 16.5 Å². The molecule has 1 aromatic carbocycles. The van der Waals surface area contributed by atoms with Crippen molar-refractivity contribution in [1.82, 2.24) is 4.31 Å². The summed E-state index contributed by atoms with van der Waals surface area (Å²) in [7, 11) is -3.57. The Kier molecular flexibility index (Phi) is 3.95. The van der Waals surface area contributed by atoms with Gasteiger partial charge in [0.05, 0.1) is 13.2 Å². The van der Waals surface area contributed by atoms with Crippen LogP contribution in [0.25, 0.3) is 0 Å². The van der Waals surface area contributed by atoms with Crippen LogP contribution in [0.4, 0.5) is 0 Å². The summed E-state index contributed by atoms with van der Waals surface area (Å²) >= 11 is 0. The fourth-order valence-corrected chi connectivity index (χ4v) is 5.02. The predicted octanol–water partition coefficient (Wildman–Crippen LogP) is 2.20. The first kappa shape index (κ1) is 15.8. The minimum Gasteiger partial charge on any atom is -0.486 e. The standard InChI is InChI=1S/C16H23NO4S/c1-4-13-11-20-9-8-17(13)22(18,19)14-7-5-6-12-10-16(2,3)21-15(12)14/h5-7,13H,4,8-11H2,1-3H3/t13-/m0/s1. The Bertz CT molecular complexity index is 669. The highest BCUT2D eigenvalue weighted by Crippen LogP contribution is 2.41. The van der Waals surface area contributed by atoms with Crippen LogP contribution in [0.15, 0.2) is 23.1 Å². The van der Waals surface area contributed by atoms with Crippen molar-refractivity contribution in [2.75, 3.05) is 19.8 Å². The molecule has 0 N–H and O–H groups in total. The monoisotopic (exact) mass is 325 g/mol. The fraction of sp³-hybridized carbons (Fsp3) is 0.625. The van der Waals surface area contributed by atoms with Gasteiger partial charge in [0.1, 0.15) is 16.2 Å². The zero-order valence-corrected chi connectivity index (χ0v) is 14.1. The molecule has 22 heavy (non-hydrogen) atoms. The van der Waals surface area contributed by atoms with Gasteiger partial charge >= 0.3 is 0 Å². The van der Waals surface area contributed by atoms with Gasteiger partial charge in [-0.3, -0.25) is 0 Å². The molecule has 0 saturated carbocycles. The molecule has 6 heteroatoms. The van der Waals surface area contributed by atoms with Crippen molar-refractivity contribution >= 4 is 10.0 Å². The Balaban J connectivity index is 2.03. The zero-order chi connectivity index (χ0) is 16.0. The number of hydrogen-bond acceptors (Lipinski definition) is 4. The van der Waals surface area contributed by atoms with E-state index < -0.39 is 10.0 Å². The summed E-state index contributed by atoms with van der Waals surface area (Å²) in [6.45, 7) is 7.24. The summed E-state index contributed by atoms with van der Waals surface area (Å²) < 4.78 is 39.2. The van der Waals surface area contributed by atoms with Gasteiger partial charge in [0.15, 0.2) is 0 Å². The van der Waals surface area contributed by atoms with Gasteiger partial charge in [-0.25, -0.2) is 8.42 Å². The minimum absolute atomic E-state index is 0.107. The molecule has 0 aromatic heterocycles. The van der Waals surface area contributed by atoms with Crippen molar-refractivity contribution in [1.29, 1.82) is 0 Å². The van der Waals surface area contributed by atoms with Crippen molar-refractivity contribution in [2.24, 2.45) is 0 Å². The van der Waals surface area contributed by atoms with Gasteiger partial charge in [0, 0.05) is 19.0 Å². The second-order valence-electron chi connectivity index (χ2n) is 6.54. The number of morpholine rings is 1. The van der Waals surface area contributed by atoms with E-state index in [1.165, 1.54) is 0 Å². The zero-order valence-electron chi connectivity index (χ0n) is 13.3. The van der Waals surface area contributed by atoms with Gasteiger partial charge in [0.25, 0.3) is 0 Å². The fourth-order valence-electron chi connectivity index (χ4n) is 3.19. The summed E-state index contributed by atoms with van der Waals surface area (Å²) in [5.74, 6) is 0.522. The average Bonchev–Trinajstić information content (AvgIpc) is 2.80. The maximum Gasteiger partial charge on any atom is 0.247 e.